The number of hydrogen-bond donors (Lipinski definition) is 2. The van der Waals surface area contributed by atoms with E-state index in [0.29, 0.717) is 27.2 Å². The van der Waals surface area contributed by atoms with Crippen LogP contribution in [0.3, 0.4) is 0 Å². The summed E-state index contributed by atoms with van der Waals surface area (Å²) in [7, 11) is 0. The van der Waals surface area contributed by atoms with Gasteiger partial charge < -0.3 is 10.6 Å². The van der Waals surface area contributed by atoms with Crippen LogP contribution >= 0.6 is 11.6 Å². The van der Waals surface area contributed by atoms with Crippen molar-refractivity contribution in [1.82, 2.24) is 10.3 Å². The molecule has 1 aromatic heterocycles. The van der Waals surface area contributed by atoms with Crippen LogP contribution in [0.4, 0.5) is 18.9 Å². The van der Waals surface area contributed by atoms with Crippen molar-refractivity contribution in [2.45, 2.75) is 50.9 Å². The zero-order valence-electron chi connectivity index (χ0n) is 17.5. The van der Waals surface area contributed by atoms with Crippen LogP contribution in [-0.4, -0.2) is 23.0 Å². The van der Waals surface area contributed by atoms with Crippen LogP contribution in [0.5, 0.6) is 0 Å². The van der Waals surface area contributed by atoms with Crippen molar-refractivity contribution >= 4 is 34.1 Å². The van der Waals surface area contributed by atoms with Gasteiger partial charge in [-0.15, -0.1) is 0 Å². The van der Waals surface area contributed by atoms with Gasteiger partial charge >= 0.3 is 6.18 Å². The predicted octanol–water partition coefficient (Wildman–Crippen LogP) is 6.37. The molecule has 1 aliphatic rings. The lowest BCUT2D eigenvalue weighted by molar-refractivity contribution is -0.140. The molecule has 0 radical (unpaired) electrons. The third kappa shape index (κ3) is 4.83. The highest BCUT2D eigenvalue weighted by Crippen LogP contribution is 2.34. The van der Waals surface area contributed by atoms with Crippen LogP contribution in [0.2, 0.25) is 5.02 Å². The fourth-order valence-electron chi connectivity index (χ4n) is 4.13. The Labute approximate surface area is 189 Å². The Morgan fingerprint density at radius 1 is 1.03 bits per heavy atom. The zero-order chi connectivity index (χ0) is 22.9. The van der Waals surface area contributed by atoms with E-state index in [9.17, 15) is 18.0 Å². The molecule has 8 heteroatoms. The van der Waals surface area contributed by atoms with E-state index in [4.69, 9.17) is 11.6 Å². The summed E-state index contributed by atoms with van der Waals surface area (Å²) in [5, 5.41) is 7.43. The van der Waals surface area contributed by atoms with Gasteiger partial charge in [0.2, 0.25) is 0 Å². The van der Waals surface area contributed by atoms with Gasteiger partial charge in [-0.05, 0) is 56.4 Å². The fraction of sp³-hybridized carbons (Fsp3) is 0.333. The molecule has 2 aromatic carbocycles. The minimum atomic E-state index is -4.51. The second-order valence-corrected chi connectivity index (χ2v) is 8.55. The molecule has 0 atom stereocenters. The first kappa shape index (κ1) is 22.4. The first-order valence-corrected chi connectivity index (χ1v) is 10.9. The molecular formula is C24H23ClF3N3O. The van der Waals surface area contributed by atoms with E-state index < -0.39 is 11.9 Å². The monoisotopic (exact) mass is 461 g/mol. The van der Waals surface area contributed by atoms with Crippen LogP contribution in [0.25, 0.3) is 10.9 Å². The standard InChI is InChI=1S/C24H23ClF3N3O/c1-14-5-4-7-18(22(14)25)23(32)30-16-11-9-15(10-12-16)29-20-13-21(24(26,27)28)31-19-8-3-2-6-17(19)20/h2-8,13,15-16H,9-12H2,1H3,(H,29,31)(H,30,32)/t15-,16+. The number of halogens is 4. The number of nitrogens with zero attached hydrogens (tertiary/aromatic N) is 1. The van der Waals surface area contributed by atoms with Gasteiger partial charge in [0, 0.05) is 23.2 Å². The van der Waals surface area contributed by atoms with Crippen molar-refractivity contribution in [3.8, 4) is 0 Å². The Morgan fingerprint density at radius 2 is 1.72 bits per heavy atom. The molecule has 0 unspecified atom stereocenters. The topological polar surface area (TPSA) is 54.0 Å². The first-order chi connectivity index (χ1) is 15.2. The van der Waals surface area contributed by atoms with E-state index in [-0.39, 0.29) is 18.0 Å². The average molecular weight is 462 g/mol. The van der Waals surface area contributed by atoms with Gasteiger partial charge in [0.05, 0.1) is 16.1 Å². The summed E-state index contributed by atoms with van der Waals surface area (Å²) in [6, 6.07) is 13.2. The number of nitrogens with one attached hydrogen (secondary N) is 2. The summed E-state index contributed by atoms with van der Waals surface area (Å²) in [5.41, 5.74) is 1.13. The minimum Gasteiger partial charge on any atom is -0.382 e. The third-order valence-electron chi connectivity index (χ3n) is 5.87. The summed E-state index contributed by atoms with van der Waals surface area (Å²) in [4.78, 5) is 16.4. The molecule has 32 heavy (non-hydrogen) atoms. The number of fused-ring (bicyclic) bond motifs is 1. The maximum Gasteiger partial charge on any atom is 0.433 e. The van der Waals surface area contributed by atoms with E-state index in [1.54, 1.807) is 36.4 Å². The van der Waals surface area contributed by atoms with Crippen LogP contribution in [0.1, 0.15) is 47.3 Å². The molecule has 0 bridgehead atoms. The second kappa shape index (κ2) is 8.98. The predicted molar refractivity (Wildman–Crippen MR) is 120 cm³/mol. The molecule has 0 aliphatic heterocycles. The highest BCUT2D eigenvalue weighted by molar-refractivity contribution is 6.34. The van der Waals surface area contributed by atoms with Gasteiger partial charge in [-0.3, -0.25) is 4.79 Å². The SMILES string of the molecule is Cc1cccc(C(=O)N[C@H]2CC[C@@H](Nc3cc(C(F)(F)F)nc4ccccc34)CC2)c1Cl. The number of aryl methyl sites for hydroxylation is 1. The third-order valence-corrected chi connectivity index (χ3v) is 6.37. The van der Waals surface area contributed by atoms with Crippen LogP contribution < -0.4 is 10.6 Å². The van der Waals surface area contributed by atoms with Crippen LogP contribution in [-0.2, 0) is 6.18 Å². The molecule has 0 saturated heterocycles. The summed E-state index contributed by atoms with van der Waals surface area (Å²) >= 11 is 6.26. The van der Waals surface area contributed by atoms with Crippen molar-refractivity contribution < 1.29 is 18.0 Å². The normalized spacial score (nSPS) is 19.0. The highest BCUT2D eigenvalue weighted by Gasteiger charge is 2.34. The van der Waals surface area contributed by atoms with Gasteiger partial charge in [-0.1, -0.05) is 41.9 Å². The van der Waals surface area contributed by atoms with Crippen molar-refractivity contribution in [3.63, 3.8) is 0 Å². The van der Waals surface area contributed by atoms with E-state index in [2.05, 4.69) is 15.6 Å². The van der Waals surface area contributed by atoms with Crippen LogP contribution in [0.15, 0.2) is 48.5 Å². The summed E-state index contributed by atoms with van der Waals surface area (Å²) in [6.07, 6.45) is -1.61. The van der Waals surface area contributed by atoms with Gasteiger partial charge in [0.25, 0.3) is 5.91 Å². The maximum absolute atomic E-state index is 13.3. The number of hydrogen-bond acceptors (Lipinski definition) is 3. The smallest absolute Gasteiger partial charge is 0.382 e. The number of carbonyl (C=O) groups excluding carboxylic acids is 1. The number of rotatable bonds is 4. The molecule has 1 aliphatic carbocycles. The lowest BCUT2D eigenvalue weighted by Crippen LogP contribution is -2.40. The first-order valence-electron chi connectivity index (χ1n) is 10.5. The zero-order valence-corrected chi connectivity index (χ0v) is 18.2. The highest BCUT2D eigenvalue weighted by atomic mass is 35.5. The van der Waals surface area contributed by atoms with Gasteiger partial charge in [0.1, 0.15) is 5.69 Å². The summed E-state index contributed by atoms with van der Waals surface area (Å²) in [6.45, 7) is 1.85. The molecule has 3 aromatic rings. The fourth-order valence-corrected chi connectivity index (χ4v) is 4.34. The minimum absolute atomic E-state index is 0.00273. The van der Waals surface area contributed by atoms with Gasteiger partial charge in [-0.25, -0.2) is 4.98 Å². The molecule has 1 amide bonds. The van der Waals surface area contributed by atoms with Crippen molar-refractivity contribution in [2.24, 2.45) is 0 Å². The number of carbonyl (C=O) groups is 1. The lowest BCUT2D eigenvalue weighted by atomic mass is 9.90. The summed E-state index contributed by atoms with van der Waals surface area (Å²) in [5.74, 6) is -0.204. The number of anilines is 1. The van der Waals surface area contributed by atoms with Crippen molar-refractivity contribution in [2.75, 3.05) is 5.32 Å². The Balaban J connectivity index is 1.43. The van der Waals surface area contributed by atoms with Crippen molar-refractivity contribution in [1.29, 1.82) is 0 Å². The number of aromatic nitrogens is 1. The quantitative estimate of drug-likeness (QED) is 0.474. The number of alkyl halides is 3. The molecule has 0 spiro atoms. The number of benzene rings is 2. The van der Waals surface area contributed by atoms with E-state index in [0.717, 1.165) is 37.3 Å². The van der Waals surface area contributed by atoms with E-state index in [1.807, 2.05) is 13.0 Å². The summed E-state index contributed by atoms with van der Waals surface area (Å²) < 4.78 is 39.9. The molecule has 4 nitrogen and oxygen atoms in total. The lowest BCUT2D eigenvalue weighted by Gasteiger charge is -2.31. The number of amides is 1. The van der Waals surface area contributed by atoms with Crippen LogP contribution in [0, 0.1) is 6.92 Å². The number of para-hydroxylation sites is 1. The maximum atomic E-state index is 13.3. The Hall–Kier alpha value is -2.80. The Kier molecular flexibility index (Phi) is 6.29. The molecule has 1 saturated carbocycles. The Bertz CT molecular complexity index is 1140. The van der Waals surface area contributed by atoms with E-state index in [1.165, 1.54) is 0 Å². The molecular weight excluding hydrogens is 439 g/mol. The van der Waals surface area contributed by atoms with E-state index >= 15 is 0 Å². The molecule has 1 heterocycles. The molecule has 2 N–H and O–H groups in total. The molecule has 4 rings (SSSR count). The number of pyridine rings is 1. The van der Waals surface area contributed by atoms with Gasteiger partial charge in [-0.2, -0.15) is 13.2 Å². The Morgan fingerprint density at radius 3 is 2.44 bits per heavy atom. The average Bonchev–Trinajstić information content (AvgIpc) is 2.76. The molecule has 168 valence electrons. The largest absolute Gasteiger partial charge is 0.433 e. The van der Waals surface area contributed by atoms with Gasteiger partial charge in [0.15, 0.2) is 0 Å². The second-order valence-electron chi connectivity index (χ2n) is 8.17. The molecule has 1 fully saturated rings. The van der Waals surface area contributed by atoms with Crippen molar-refractivity contribution in [3.05, 3.63) is 70.4 Å².